The van der Waals surface area contributed by atoms with Crippen molar-refractivity contribution in [1.29, 1.82) is 0 Å². The second kappa shape index (κ2) is 6.41. The summed E-state index contributed by atoms with van der Waals surface area (Å²) in [6, 6.07) is 6.58. The van der Waals surface area contributed by atoms with E-state index in [1.54, 1.807) is 6.08 Å². The molecule has 0 bridgehead atoms. The van der Waals surface area contributed by atoms with Gasteiger partial charge in [-0.1, -0.05) is 22.0 Å². The van der Waals surface area contributed by atoms with Crippen LogP contribution in [0, 0.1) is 0 Å². The number of rotatable bonds is 3. The molecule has 0 aromatic heterocycles. The predicted octanol–water partition coefficient (Wildman–Crippen LogP) is 2.69. The Morgan fingerprint density at radius 1 is 1.45 bits per heavy atom. The lowest BCUT2D eigenvalue weighted by molar-refractivity contribution is -0.131. The van der Waals surface area contributed by atoms with Crippen LogP contribution in [0.3, 0.4) is 0 Å². The van der Waals surface area contributed by atoms with Gasteiger partial charge in [-0.15, -0.1) is 0 Å². The zero-order valence-electron chi connectivity index (χ0n) is 11.7. The predicted molar refractivity (Wildman–Crippen MR) is 85.1 cm³/mol. The maximum Gasteiger partial charge on any atom is 0.328 e. The second-order valence-corrected chi connectivity index (χ2v) is 6.01. The van der Waals surface area contributed by atoms with E-state index in [2.05, 4.69) is 45.8 Å². The molecule has 0 saturated carbocycles. The van der Waals surface area contributed by atoms with Gasteiger partial charge in [-0.3, -0.25) is 0 Å². The van der Waals surface area contributed by atoms with Gasteiger partial charge in [0.25, 0.3) is 0 Å². The van der Waals surface area contributed by atoms with Crippen molar-refractivity contribution in [1.82, 2.24) is 4.90 Å². The van der Waals surface area contributed by atoms with Crippen molar-refractivity contribution >= 4 is 33.7 Å². The minimum Gasteiger partial charge on any atom is -0.478 e. The van der Waals surface area contributed by atoms with Crippen LogP contribution in [0.4, 0.5) is 5.69 Å². The summed E-state index contributed by atoms with van der Waals surface area (Å²) in [5.41, 5.74) is 2.04. The molecule has 2 rings (SSSR count). The Morgan fingerprint density at radius 2 is 2.20 bits per heavy atom. The zero-order valence-corrected chi connectivity index (χ0v) is 13.3. The van der Waals surface area contributed by atoms with Crippen molar-refractivity contribution in [2.45, 2.75) is 13.0 Å². The van der Waals surface area contributed by atoms with Gasteiger partial charge in [-0.25, -0.2) is 4.79 Å². The Morgan fingerprint density at radius 3 is 2.80 bits per heavy atom. The Balaban J connectivity index is 2.15. The number of carbonyl (C=O) groups is 1. The molecular weight excluding hydrogens is 320 g/mol. The van der Waals surface area contributed by atoms with Crippen LogP contribution in [-0.2, 0) is 4.79 Å². The van der Waals surface area contributed by atoms with E-state index in [1.807, 2.05) is 12.1 Å². The van der Waals surface area contributed by atoms with Gasteiger partial charge < -0.3 is 14.9 Å². The Bertz CT molecular complexity index is 531. The highest BCUT2D eigenvalue weighted by Crippen LogP contribution is 2.26. The Labute approximate surface area is 127 Å². The van der Waals surface area contributed by atoms with E-state index in [-0.39, 0.29) is 0 Å². The van der Waals surface area contributed by atoms with E-state index in [0.29, 0.717) is 6.04 Å². The molecule has 4 nitrogen and oxygen atoms in total. The minimum absolute atomic E-state index is 0.536. The van der Waals surface area contributed by atoms with E-state index < -0.39 is 5.97 Å². The third-order valence-corrected chi connectivity index (χ3v) is 4.40. The van der Waals surface area contributed by atoms with Gasteiger partial charge in [-0.2, -0.15) is 0 Å². The largest absolute Gasteiger partial charge is 0.478 e. The van der Waals surface area contributed by atoms with Gasteiger partial charge in [-0.05, 0) is 37.7 Å². The summed E-state index contributed by atoms with van der Waals surface area (Å²) in [5.74, 6) is -0.936. The SMILES string of the molecule is CC1CN(c2ccc(/C=C/C(=O)O)c(Br)c2)CCN1C. The van der Waals surface area contributed by atoms with Crippen molar-refractivity contribution in [3.05, 3.63) is 34.3 Å². The average molecular weight is 339 g/mol. The number of nitrogens with zero attached hydrogens (tertiary/aromatic N) is 2. The highest BCUT2D eigenvalue weighted by atomic mass is 79.9. The number of anilines is 1. The molecule has 1 atom stereocenters. The van der Waals surface area contributed by atoms with Gasteiger partial charge in [0.05, 0.1) is 0 Å². The molecule has 5 heteroatoms. The summed E-state index contributed by atoms with van der Waals surface area (Å²) in [6.07, 6.45) is 2.75. The Hall–Kier alpha value is -1.33. The minimum atomic E-state index is -0.936. The molecule has 1 saturated heterocycles. The molecule has 1 aliphatic heterocycles. The summed E-state index contributed by atoms with van der Waals surface area (Å²) in [7, 11) is 2.15. The maximum atomic E-state index is 10.6. The molecule has 1 aromatic rings. The van der Waals surface area contributed by atoms with Crippen LogP contribution in [-0.4, -0.2) is 48.7 Å². The average Bonchev–Trinajstić information content (AvgIpc) is 2.40. The fourth-order valence-electron chi connectivity index (χ4n) is 2.29. The quantitative estimate of drug-likeness (QED) is 0.860. The smallest absolute Gasteiger partial charge is 0.328 e. The van der Waals surface area contributed by atoms with Gasteiger partial charge >= 0.3 is 5.97 Å². The summed E-state index contributed by atoms with van der Waals surface area (Å²) in [5, 5.41) is 8.66. The van der Waals surface area contributed by atoms with Gasteiger partial charge in [0, 0.05) is 41.9 Å². The number of halogens is 1. The molecule has 1 unspecified atom stereocenters. The fraction of sp³-hybridized carbons (Fsp3) is 0.400. The number of hydrogen-bond acceptors (Lipinski definition) is 3. The van der Waals surface area contributed by atoms with Crippen LogP contribution in [0.5, 0.6) is 0 Å². The third-order valence-electron chi connectivity index (χ3n) is 3.71. The highest BCUT2D eigenvalue weighted by Gasteiger charge is 2.20. The Kier molecular flexibility index (Phi) is 4.83. The topological polar surface area (TPSA) is 43.8 Å². The number of piperazine rings is 1. The number of benzene rings is 1. The molecule has 0 radical (unpaired) electrons. The standard InChI is InChI=1S/C15H19BrN2O2/c1-11-10-18(8-7-17(11)2)13-5-3-12(14(16)9-13)4-6-15(19)20/h3-6,9,11H,7-8,10H2,1-2H3,(H,19,20)/b6-4+. The molecule has 1 aromatic carbocycles. The first-order chi connectivity index (χ1) is 9.47. The van der Waals surface area contributed by atoms with Crippen LogP contribution in [0.25, 0.3) is 6.08 Å². The molecule has 1 aliphatic rings. The third kappa shape index (κ3) is 3.61. The van der Waals surface area contributed by atoms with Crippen molar-refractivity contribution in [3.63, 3.8) is 0 Å². The van der Waals surface area contributed by atoms with Crippen molar-refractivity contribution in [2.75, 3.05) is 31.6 Å². The van der Waals surface area contributed by atoms with Gasteiger partial charge in [0.15, 0.2) is 0 Å². The van der Waals surface area contributed by atoms with Crippen LogP contribution >= 0.6 is 15.9 Å². The molecule has 1 N–H and O–H groups in total. The summed E-state index contributed by atoms with van der Waals surface area (Å²) in [4.78, 5) is 15.3. The molecule has 108 valence electrons. The van der Waals surface area contributed by atoms with E-state index >= 15 is 0 Å². The monoisotopic (exact) mass is 338 g/mol. The number of hydrogen-bond donors (Lipinski definition) is 1. The molecule has 0 spiro atoms. The van der Waals surface area contributed by atoms with E-state index in [0.717, 1.165) is 35.7 Å². The van der Waals surface area contributed by atoms with Gasteiger partial charge in [0.1, 0.15) is 0 Å². The van der Waals surface area contributed by atoms with Crippen molar-refractivity contribution in [3.8, 4) is 0 Å². The lowest BCUT2D eigenvalue weighted by Gasteiger charge is -2.39. The summed E-state index contributed by atoms with van der Waals surface area (Å²) >= 11 is 3.51. The van der Waals surface area contributed by atoms with Crippen molar-refractivity contribution < 1.29 is 9.90 Å². The fourth-order valence-corrected chi connectivity index (χ4v) is 2.79. The normalized spacial score (nSPS) is 20.6. The van der Waals surface area contributed by atoms with Crippen LogP contribution in [0.15, 0.2) is 28.7 Å². The molecule has 0 amide bonds. The number of carboxylic acid groups (broad SMARTS) is 1. The first-order valence-corrected chi connectivity index (χ1v) is 7.42. The van der Waals surface area contributed by atoms with E-state index in [4.69, 9.17) is 5.11 Å². The molecule has 1 heterocycles. The summed E-state index contributed by atoms with van der Waals surface area (Å²) < 4.78 is 0.916. The summed E-state index contributed by atoms with van der Waals surface area (Å²) in [6.45, 7) is 5.30. The molecule has 1 fully saturated rings. The number of carboxylic acids is 1. The number of aliphatic carboxylic acids is 1. The van der Waals surface area contributed by atoms with Crippen molar-refractivity contribution in [2.24, 2.45) is 0 Å². The highest BCUT2D eigenvalue weighted by molar-refractivity contribution is 9.10. The van der Waals surface area contributed by atoms with Gasteiger partial charge in [0.2, 0.25) is 0 Å². The zero-order chi connectivity index (χ0) is 14.7. The van der Waals surface area contributed by atoms with Crippen LogP contribution < -0.4 is 4.90 Å². The van der Waals surface area contributed by atoms with E-state index in [9.17, 15) is 4.79 Å². The molecular formula is C15H19BrN2O2. The van der Waals surface area contributed by atoms with E-state index in [1.165, 1.54) is 5.69 Å². The number of likely N-dealkylation sites (N-methyl/N-ethyl adjacent to an activating group) is 1. The lowest BCUT2D eigenvalue weighted by Crippen LogP contribution is -2.50. The molecule has 20 heavy (non-hydrogen) atoms. The maximum absolute atomic E-state index is 10.6. The molecule has 0 aliphatic carbocycles. The first kappa shape index (κ1) is 15.1. The first-order valence-electron chi connectivity index (χ1n) is 6.63. The lowest BCUT2D eigenvalue weighted by atomic mass is 10.1. The second-order valence-electron chi connectivity index (χ2n) is 5.15. The van der Waals surface area contributed by atoms with Crippen LogP contribution in [0.1, 0.15) is 12.5 Å². The van der Waals surface area contributed by atoms with Crippen LogP contribution in [0.2, 0.25) is 0 Å².